The highest BCUT2D eigenvalue weighted by molar-refractivity contribution is 5.74. The molecule has 4 heteroatoms. The fraction of sp³-hybridized carbons (Fsp3) is 0.625. The van der Waals surface area contributed by atoms with Crippen molar-refractivity contribution in [2.45, 2.75) is 53.1 Å². The van der Waals surface area contributed by atoms with Crippen LogP contribution in [0.15, 0.2) is 18.2 Å². The highest BCUT2D eigenvalue weighted by Crippen LogP contribution is 2.13. The Labute approximate surface area is 121 Å². The molecule has 1 atom stereocenters. The molecule has 0 saturated heterocycles. The molecule has 0 saturated carbocycles. The molecular weight excluding hydrogens is 248 g/mol. The Morgan fingerprint density at radius 1 is 1.30 bits per heavy atom. The van der Waals surface area contributed by atoms with Crippen LogP contribution in [0.25, 0.3) is 11.0 Å². The van der Waals surface area contributed by atoms with E-state index in [4.69, 9.17) is 0 Å². The van der Waals surface area contributed by atoms with Gasteiger partial charge in [-0.15, -0.1) is 5.10 Å². The average molecular weight is 274 g/mol. The van der Waals surface area contributed by atoms with Crippen LogP contribution in [0.5, 0.6) is 0 Å². The van der Waals surface area contributed by atoms with Gasteiger partial charge in [-0.2, -0.15) is 0 Å². The lowest BCUT2D eigenvalue weighted by Crippen LogP contribution is -2.25. The zero-order valence-corrected chi connectivity index (χ0v) is 12.9. The summed E-state index contributed by atoms with van der Waals surface area (Å²) in [7, 11) is 0. The van der Waals surface area contributed by atoms with Crippen LogP contribution >= 0.6 is 0 Å². The van der Waals surface area contributed by atoms with Crippen molar-refractivity contribution in [3.05, 3.63) is 23.8 Å². The average Bonchev–Trinajstić information content (AvgIpc) is 2.85. The summed E-state index contributed by atoms with van der Waals surface area (Å²) in [5, 5.41) is 12.0. The van der Waals surface area contributed by atoms with Crippen LogP contribution in [0.3, 0.4) is 0 Å². The van der Waals surface area contributed by atoms with Gasteiger partial charge in [0.1, 0.15) is 5.52 Å². The SMILES string of the molecule is CCCCC(CC)CNCn1nnc2cc(C)ccc21. The third-order valence-electron chi connectivity index (χ3n) is 3.91. The number of hydrogen-bond acceptors (Lipinski definition) is 3. The molecule has 1 aromatic carbocycles. The van der Waals surface area contributed by atoms with Crippen molar-refractivity contribution in [3.8, 4) is 0 Å². The summed E-state index contributed by atoms with van der Waals surface area (Å²) in [6.07, 6.45) is 5.16. The maximum absolute atomic E-state index is 4.23. The first kappa shape index (κ1) is 15.0. The molecule has 0 fully saturated rings. The topological polar surface area (TPSA) is 42.7 Å². The molecule has 1 N–H and O–H groups in total. The van der Waals surface area contributed by atoms with Gasteiger partial charge in [0.15, 0.2) is 0 Å². The quantitative estimate of drug-likeness (QED) is 0.801. The van der Waals surface area contributed by atoms with Crippen molar-refractivity contribution in [2.24, 2.45) is 5.92 Å². The zero-order chi connectivity index (χ0) is 14.4. The number of aryl methyl sites for hydroxylation is 1. The van der Waals surface area contributed by atoms with Crippen molar-refractivity contribution >= 4 is 11.0 Å². The molecule has 0 bridgehead atoms. The van der Waals surface area contributed by atoms with Gasteiger partial charge in [-0.1, -0.05) is 44.4 Å². The molecule has 0 amide bonds. The molecule has 2 aromatic rings. The standard InChI is InChI=1S/C16H26N4/c1-4-6-7-14(5-2)11-17-12-20-16-9-8-13(3)10-15(16)18-19-20/h8-10,14,17H,4-7,11-12H2,1-3H3. The molecule has 0 aliphatic rings. The number of fused-ring (bicyclic) bond motifs is 1. The number of hydrogen-bond donors (Lipinski definition) is 1. The lowest BCUT2D eigenvalue weighted by molar-refractivity contribution is 0.390. The minimum atomic E-state index is 0.738. The van der Waals surface area contributed by atoms with E-state index in [0.717, 1.165) is 30.2 Å². The van der Waals surface area contributed by atoms with Gasteiger partial charge in [-0.3, -0.25) is 5.32 Å². The Hall–Kier alpha value is -1.42. The van der Waals surface area contributed by atoms with E-state index in [-0.39, 0.29) is 0 Å². The number of benzene rings is 1. The fourth-order valence-electron chi connectivity index (χ4n) is 2.52. The first-order chi connectivity index (χ1) is 9.74. The predicted molar refractivity (Wildman–Crippen MR) is 83.6 cm³/mol. The van der Waals surface area contributed by atoms with Gasteiger partial charge in [0.25, 0.3) is 0 Å². The summed E-state index contributed by atoms with van der Waals surface area (Å²) >= 11 is 0. The largest absolute Gasteiger partial charge is 0.298 e. The van der Waals surface area contributed by atoms with Crippen LogP contribution in [-0.4, -0.2) is 21.5 Å². The summed E-state index contributed by atoms with van der Waals surface area (Å²) in [5.74, 6) is 0.770. The Balaban J connectivity index is 1.89. The Kier molecular flexibility index (Phi) is 5.53. The smallest absolute Gasteiger partial charge is 0.113 e. The Bertz CT molecular complexity index is 532. The minimum Gasteiger partial charge on any atom is -0.298 e. The van der Waals surface area contributed by atoms with Gasteiger partial charge >= 0.3 is 0 Å². The fourth-order valence-corrected chi connectivity index (χ4v) is 2.52. The summed E-state index contributed by atoms with van der Waals surface area (Å²) in [4.78, 5) is 0. The second-order valence-electron chi connectivity index (χ2n) is 5.61. The number of aromatic nitrogens is 3. The van der Waals surface area contributed by atoms with Crippen LogP contribution in [-0.2, 0) is 6.67 Å². The van der Waals surface area contributed by atoms with Crippen molar-refractivity contribution in [3.63, 3.8) is 0 Å². The van der Waals surface area contributed by atoms with E-state index in [1.807, 2.05) is 4.68 Å². The normalized spacial score (nSPS) is 12.9. The molecule has 20 heavy (non-hydrogen) atoms. The van der Waals surface area contributed by atoms with E-state index >= 15 is 0 Å². The monoisotopic (exact) mass is 274 g/mol. The maximum atomic E-state index is 4.23. The minimum absolute atomic E-state index is 0.738. The molecule has 0 radical (unpaired) electrons. The lowest BCUT2D eigenvalue weighted by Gasteiger charge is -2.15. The van der Waals surface area contributed by atoms with Gasteiger partial charge in [0, 0.05) is 0 Å². The van der Waals surface area contributed by atoms with Crippen molar-refractivity contribution < 1.29 is 0 Å². The molecule has 2 rings (SSSR count). The van der Waals surface area contributed by atoms with E-state index in [1.165, 1.54) is 31.2 Å². The van der Waals surface area contributed by atoms with E-state index in [0.29, 0.717) is 0 Å². The third-order valence-corrected chi connectivity index (χ3v) is 3.91. The van der Waals surface area contributed by atoms with Gasteiger partial charge in [0.05, 0.1) is 12.2 Å². The van der Waals surface area contributed by atoms with Crippen molar-refractivity contribution in [2.75, 3.05) is 6.54 Å². The molecular formula is C16H26N4. The predicted octanol–water partition coefficient (Wildman–Crippen LogP) is 3.50. The molecule has 0 aliphatic carbocycles. The molecule has 0 aliphatic heterocycles. The number of nitrogens with zero attached hydrogens (tertiary/aromatic N) is 3. The summed E-state index contributed by atoms with van der Waals surface area (Å²) in [6.45, 7) is 8.40. The number of nitrogens with one attached hydrogen (secondary N) is 1. The first-order valence-corrected chi connectivity index (χ1v) is 7.75. The maximum Gasteiger partial charge on any atom is 0.113 e. The van der Waals surface area contributed by atoms with E-state index in [1.54, 1.807) is 0 Å². The van der Waals surface area contributed by atoms with Gasteiger partial charge in [-0.25, -0.2) is 4.68 Å². The molecule has 4 nitrogen and oxygen atoms in total. The summed E-state index contributed by atoms with van der Waals surface area (Å²) < 4.78 is 1.95. The van der Waals surface area contributed by atoms with Crippen LogP contribution in [0.2, 0.25) is 0 Å². The summed E-state index contributed by atoms with van der Waals surface area (Å²) in [5.41, 5.74) is 3.30. The van der Waals surface area contributed by atoms with Gasteiger partial charge < -0.3 is 0 Å². The van der Waals surface area contributed by atoms with Crippen molar-refractivity contribution in [1.29, 1.82) is 0 Å². The zero-order valence-electron chi connectivity index (χ0n) is 12.9. The van der Waals surface area contributed by atoms with E-state index in [9.17, 15) is 0 Å². The second kappa shape index (κ2) is 7.39. The van der Waals surface area contributed by atoms with E-state index < -0.39 is 0 Å². The van der Waals surface area contributed by atoms with Crippen LogP contribution in [0.1, 0.15) is 45.1 Å². The third kappa shape index (κ3) is 3.79. The lowest BCUT2D eigenvalue weighted by atomic mass is 9.99. The number of unbranched alkanes of at least 4 members (excludes halogenated alkanes) is 1. The highest BCUT2D eigenvalue weighted by atomic mass is 15.4. The summed E-state index contributed by atoms with van der Waals surface area (Å²) in [6, 6.07) is 6.29. The molecule has 0 spiro atoms. The van der Waals surface area contributed by atoms with Gasteiger partial charge in [-0.05, 0) is 43.5 Å². The van der Waals surface area contributed by atoms with E-state index in [2.05, 4.69) is 54.6 Å². The van der Waals surface area contributed by atoms with Crippen LogP contribution in [0.4, 0.5) is 0 Å². The van der Waals surface area contributed by atoms with Crippen molar-refractivity contribution in [1.82, 2.24) is 20.3 Å². The van der Waals surface area contributed by atoms with Crippen LogP contribution < -0.4 is 5.32 Å². The molecule has 1 heterocycles. The second-order valence-corrected chi connectivity index (χ2v) is 5.61. The Morgan fingerprint density at radius 2 is 2.15 bits per heavy atom. The van der Waals surface area contributed by atoms with Crippen LogP contribution in [0, 0.1) is 12.8 Å². The molecule has 1 unspecified atom stereocenters. The van der Waals surface area contributed by atoms with Gasteiger partial charge in [0.2, 0.25) is 0 Å². The number of rotatable bonds is 8. The molecule has 1 aromatic heterocycles. The molecule has 110 valence electrons. The Morgan fingerprint density at radius 3 is 2.90 bits per heavy atom. The highest BCUT2D eigenvalue weighted by Gasteiger charge is 2.07. The first-order valence-electron chi connectivity index (χ1n) is 7.75.